The second kappa shape index (κ2) is 11.0. The zero-order valence-electron chi connectivity index (χ0n) is 12.2. The summed E-state index contributed by atoms with van der Waals surface area (Å²) < 4.78 is 5.43. The third kappa shape index (κ3) is 8.79. The Bertz CT molecular complexity index is 297. The van der Waals surface area contributed by atoms with Gasteiger partial charge in [-0.25, -0.2) is 0 Å². The fourth-order valence-electron chi connectivity index (χ4n) is 2.14. The van der Waals surface area contributed by atoms with E-state index >= 15 is 0 Å². The number of rotatable bonds is 11. The number of ether oxygens (including phenoxy) is 1. The van der Waals surface area contributed by atoms with E-state index in [2.05, 4.69) is 19.1 Å². The number of aliphatic hydroxyl groups is 1. The van der Waals surface area contributed by atoms with Crippen LogP contribution in [0.2, 0.25) is 0 Å². The van der Waals surface area contributed by atoms with E-state index in [1.54, 1.807) is 0 Å². The molecule has 0 aliphatic carbocycles. The predicted octanol–water partition coefficient (Wildman–Crippen LogP) is 4.31. The summed E-state index contributed by atoms with van der Waals surface area (Å²) in [5.41, 5.74) is 1.26. The van der Waals surface area contributed by atoms with Gasteiger partial charge in [0.2, 0.25) is 0 Å². The topological polar surface area (TPSA) is 29.5 Å². The standard InChI is InChI=1S/C17H28O2/c1-2-3-4-5-6-10-13-17(18)19-15-14-16-11-8-7-9-12-16/h7-9,11-12,17-18H,2-6,10,13-15H2,1H3. The van der Waals surface area contributed by atoms with Crippen molar-refractivity contribution in [1.29, 1.82) is 0 Å². The van der Waals surface area contributed by atoms with Crippen LogP contribution in [0.25, 0.3) is 0 Å². The first-order chi connectivity index (χ1) is 9.33. The number of aliphatic hydroxyl groups excluding tert-OH is 1. The molecule has 0 saturated heterocycles. The van der Waals surface area contributed by atoms with Gasteiger partial charge in [-0.1, -0.05) is 69.4 Å². The van der Waals surface area contributed by atoms with Gasteiger partial charge in [-0.3, -0.25) is 0 Å². The molecule has 1 unspecified atom stereocenters. The molecule has 19 heavy (non-hydrogen) atoms. The Morgan fingerprint density at radius 2 is 1.68 bits per heavy atom. The van der Waals surface area contributed by atoms with Gasteiger partial charge in [0.05, 0.1) is 6.61 Å². The summed E-state index contributed by atoms with van der Waals surface area (Å²) in [5.74, 6) is 0. The van der Waals surface area contributed by atoms with Crippen molar-refractivity contribution in [2.75, 3.05) is 6.61 Å². The highest BCUT2D eigenvalue weighted by Crippen LogP contribution is 2.09. The van der Waals surface area contributed by atoms with Gasteiger partial charge in [-0.2, -0.15) is 0 Å². The van der Waals surface area contributed by atoms with Crippen molar-refractivity contribution in [2.45, 2.75) is 64.6 Å². The smallest absolute Gasteiger partial charge is 0.154 e. The van der Waals surface area contributed by atoms with Crippen molar-refractivity contribution in [3.63, 3.8) is 0 Å². The van der Waals surface area contributed by atoms with Crippen molar-refractivity contribution < 1.29 is 9.84 Å². The maximum atomic E-state index is 9.71. The minimum atomic E-state index is -0.588. The second-order valence-corrected chi connectivity index (χ2v) is 5.12. The lowest BCUT2D eigenvalue weighted by molar-refractivity contribution is -0.103. The molecule has 0 aliphatic rings. The van der Waals surface area contributed by atoms with Crippen LogP contribution >= 0.6 is 0 Å². The van der Waals surface area contributed by atoms with Crippen molar-refractivity contribution in [3.8, 4) is 0 Å². The van der Waals surface area contributed by atoms with Gasteiger partial charge in [0, 0.05) is 0 Å². The van der Waals surface area contributed by atoms with Crippen molar-refractivity contribution in [1.82, 2.24) is 0 Å². The van der Waals surface area contributed by atoms with E-state index in [1.807, 2.05) is 18.2 Å². The van der Waals surface area contributed by atoms with Crippen LogP contribution in [-0.2, 0) is 11.2 Å². The fraction of sp³-hybridized carbons (Fsp3) is 0.647. The van der Waals surface area contributed by atoms with Gasteiger partial charge < -0.3 is 9.84 Å². The van der Waals surface area contributed by atoms with Crippen LogP contribution in [-0.4, -0.2) is 18.0 Å². The third-order valence-corrected chi connectivity index (χ3v) is 3.35. The minimum Gasteiger partial charge on any atom is -0.368 e. The Balaban J connectivity index is 1.94. The first kappa shape index (κ1) is 16.2. The molecule has 1 aromatic rings. The average Bonchev–Trinajstić information content (AvgIpc) is 2.44. The van der Waals surface area contributed by atoms with E-state index < -0.39 is 6.29 Å². The molecule has 0 heterocycles. The maximum absolute atomic E-state index is 9.71. The van der Waals surface area contributed by atoms with E-state index in [1.165, 1.54) is 37.7 Å². The first-order valence-electron chi connectivity index (χ1n) is 7.66. The third-order valence-electron chi connectivity index (χ3n) is 3.35. The van der Waals surface area contributed by atoms with Gasteiger partial charge >= 0.3 is 0 Å². The summed E-state index contributed by atoms with van der Waals surface area (Å²) in [6.07, 6.45) is 8.53. The predicted molar refractivity (Wildman–Crippen MR) is 80.1 cm³/mol. The van der Waals surface area contributed by atoms with Crippen LogP contribution in [0.4, 0.5) is 0 Å². The highest BCUT2D eigenvalue weighted by Gasteiger charge is 2.03. The molecule has 1 aromatic carbocycles. The van der Waals surface area contributed by atoms with Crippen LogP contribution < -0.4 is 0 Å². The van der Waals surface area contributed by atoms with E-state index in [9.17, 15) is 5.11 Å². The summed E-state index contributed by atoms with van der Waals surface area (Å²) >= 11 is 0. The number of benzene rings is 1. The molecule has 0 aromatic heterocycles. The molecule has 0 saturated carbocycles. The summed E-state index contributed by atoms with van der Waals surface area (Å²) in [5, 5.41) is 9.71. The fourth-order valence-corrected chi connectivity index (χ4v) is 2.14. The summed E-state index contributed by atoms with van der Waals surface area (Å²) in [6.45, 7) is 2.82. The number of unbranched alkanes of at least 4 members (excludes halogenated alkanes) is 5. The van der Waals surface area contributed by atoms with Crippen LogP contribution in [0.5, 0.6) is 0 Å². The Labute approximate surface area is 117 Å². The molecule has 1 atom stereocenters. The molecular formula is C17H28O2. The molecule has 0 fully saturated rings. The van der Waals surface area contributed by atoms with Crippen LogP contribution in [0, 0.1) is 0 Å². The van der Waals surface area contributed by atoms with Crippen LogP contribution in [0.15, 0.2) is 30.3 Å². The lowest BCUT2D eigenvalue weighted by Crippen LogP contribution is -2.13. The Hall–Kier alpha value is -0.860. The summed E-state index contributed by atoms with van der Waals surface area (Å²) in [7, 11) is 0. The van der Waals surface area contributed by atoms with Gasteiger partial charge in [-0.15, -0.1) is 0 Å². The Kier molecular flexibility index (Phi) is 9.38. The molecule has 108 valence electrons. The maximum Gasteiger partial charge on any atom is 0.154 e. The van der Waals surface area contributed by atoms with E-state index in [0.29, 0.717) is 6.61 Å². The molecule has 0 aliphatic heterocycles. The Morgan fingerprint density at radius 3 is 2.42 bits per heavy atom. The van der Waals surface area contributed by atoms with Crippen LogP contribution in [0.1, 0.15) is 57.4 Å². The van der Waals surface area contributed by atoms with Crippen molar-refractivity contribution in [2.24, 2.45) is 0 Å². The summed E-state index contributed by atoms with van der Waals surface area (Å²) in [4.78, 5) is 0. The van der Waals surface area contributed by atoms with Gasteiger partial charge in [0.15, 0.2) is 6.29 Å². The van der Waals surface area contributed by atoms with Crippen LogP contribution in [0.3, 0.4) is 0 Å². The molecular weight excluding hydrogens is 236 g/mol. The zero-order valence-corrected chi connectivity index (χ0v) is 12.2. The van der Waals surface area contributed by atoms with Gasteiger partial charge in [0.25, 0.3) is 0 Å². The molecule has 1 rings (SSSR count). The quantitative estimate of drug-likeness (QED) is 0.476. The van der Waals surface area contributed by atoms with E-state index in [-0.39, 0.29) is 0 Å². The molecule has 0 amide bonds. The monoisotopic (exact) mass is 264 g/mol. The van der Waals surface area contributed by atoms with Crippen molar-refractivity contribution in [3.05, 3.63) is 35.9 Å². The first-order valence-corrected chi connectivity index (χ1v) is 7.66. The number of hydrogen-bond acceptors (Lipinski definition) is 2. The van der Waals surface area contributed by atoms with Gasteiger partial charge in [0.1, 0.15) is 0 Å². The molecule has 0 spiro atoms. The SMILES string of the molecule is CCCCCCCCC(O)OCCc1ccccc1. The normalized spacial score (nSPS) is 12.5. The summed E-state index contributed by atoms with van der Waals surface area (Å²) in [6, 6.07) is 10.2. The molecule has 1 N–H and O–H groups in total. The molecule has 2 heteroatoms. The molecule has 0 radical (unpaired) electrons. The highest BCUT2D eigenvalue weighted by molar-refractivity contribution is 5.14. The molecule has 2 nitrogen and oxygen atoms in total. The van der Waals surface area contributed by atoms with Crippen molar-refractivity contribution >= 4 is 0 Å². The lowest BCUT2D eigenvalue weighted by atomic mass is 10.1. The zero-order chi connectivity index (χ0) is 13.8. The molecule has 0 bridgehead atoms. The van der Waals surface area contributed by atoms with E-state index in [4.69, 9.17) is 4.74 Å². The lowest BCUT2D eigenvalue weighted by Gasteiger charge is -2.11. The van der Waals surface area contributed by atoms with E-state index in [0.717, 1.165) is 19.3 Å². The minimum absolute atomic E-state index is 0.588. The number of hydrogen-bond donors (Lipinski definition) is 1. The van der Waals surface area contributed by atoms with Gasteiger partial charge in [-0.05, 0) is 24.8 Å². The average molecular weight is 264 g/mol. The largest absolute Gasteiger partial charge is 0.368 e. The Morgan fingerprint density at radius 1 is 1.00 bits per heavy atom. The second-order valence-electron chi connectivity index (χ2n) is 5.12. The highest BCUT2D eigenvalue weighted by atomic mass is 16.6.